The van der Waals surface area contributed by atoms with Gasteiger partial charge in [-0.2, -0.15) is 0 Å². The zero-order valence-corrected chi connectivity index (χ0v) is 22.1. The lowest BCUT2D eigenvalue weighted by Crippen LogP contribution is -2.53. The summed E-state index contributed by atoms with van der Waals surface area (Å²) in [6.07, 6.45) is 5.03. The molecule has 40 heavy (non-hydrogen) atoms. The molecule has 3 aliphatic rings. The highest BCUT2D eigenvalue weighted by atomic mass is 19.1. The Kier molecular flexibility index (Phi) is 6.30. The van der Waals surface area contributed by atoms with E-state index in [1.165, 1.54) is 29.8 Å². The molecule has 0 N–H and O–H groups in total. The normalized spacial score (nSPS) is 23.6. The topological polar surface area (TPSA) is 39.5 Å². The molecule has 5 nitrogen and oxygen atoms in total. The molecule has 1 aliphatic heterocycles. The Hall–Kier alpha value is -3.78. The van der Waals surface area contributed by atoms with Crippen LogP contribution in [-0.4, -0.2) is 29.9 Å². The van der Waals surface area contributed by atoms with E-state index in [-0.39, 0.29) is 18.5 Å². The molecule has 1 aromatic heterocycles. The van der Waals surface area contributed by atoms with Crippen molar-refractivity contribution in [2.24, 2.45) is 0 Å². The summed E-state index contributed by atoms with van der Waals surface area (Å²) in [7, 11) is 1.62. The van der Waals surface area contributed by atoms with E-state index in [2.05, 4.69) is 10.00 Å². The van der Waals surface area contributed by atoms with Crippen LogP contribution >= 0.6 is 0 Å². The highest BCUT2D eigenvalue weighted by molar-refractivity contribution is 5.60. The summed E-state index contributed by atoms with van der Waals surface area (Å²) >= 11 is 0. The number of hydrogen-bond donors (Lipinski definition) is 0. The van der Waals surface area contributed by atoms with E-state index >= 15 is 4.39 Å². The molecule has 7 rings (SSSR count). The molecule has 0 saturated heterocycles. The van der Waals surface area contributed by atoms with Crippen LogP contribution in [-0.2, 0) is 11.2 Å². The van der Waals surface area contributed by atoms with Gasteiger partial charge in [-0.25, -0.2) is 13.2 Å². The maximum absolute atomic E-state index is 15.4. The lowest BCUT2D eigenvalue weighted by Gasteiger charge is -2.46. The van der Waals surface area contributed by atoms with Gasteiger partial charge in [-0.1, -0.05) is 36.4 Å². The number of hydrogen-bond acceptors (Lipinski definition) is 4. The van der Waals surface area contributed by atoms with Crippen molar-refractivity contribution in [1.82, 2.24) is 9.94 Å². The molecule has 5 atom stereocenters. The van der Waals surface area contributed by atoms with Crippen LogP contribution in [0.5, 0.6) is 0 Å². The first-order chi connectivity index (χ1) is 19.5. The van der Waals surface area contributed by atoms with E-state index in [9.17, 15) is 8.78 Å². The molecule has 0 spiro atoms. The predicted octanol–water partition coefficient (Wildman–Crippen LogP) is 6.65. The third-order valence-electron chi connectivity index (χ3n) is 8.88. The maximum atomic E-state index is 15.4. The molecule has 206 valence electrons. The number of benzene rings is 3. The highest BCUT2D eigenvalue weighted by Gasteiger charge is 2.45. The van der Waals surface area contributed by atoms with Gasteiger partial charge < -0.3 is 14.5 Å². The average Bonchev–Trinajstić information content (AvgIpc) is 3.68. The lowest BCUT2D eigenvalue weighted by molar-refractivity contribution is -0.0196. The smallest absolute Gasteiger partial charge is 0.207 e. The van der Waals surface area contributed by atoms with Crippen LogP contribution in [0.15, 0.2) is 72.9 Å². The van der Waals surface area contributed by atoms with Crippen LogP contribution < -0.4 is 9.74 Å². The Morgan fingerprint density at radius 1 is 0.925 bits per heavy atom. The third-order valence-corrected chi connectivity index (χ3v) is 8.88. The van der Waals surface area contributed by atoms with E-state index in [1.807, 2.05) is 30.5 Å². The van der Waals surface area contributed by atoms with Crippen LogP contribution in [0.4, 0.5) is 18.9 Å². The molecule has 1 saturated carbocycles. The summed E-state index contributed by atoms with van der Waals surface area (Å²) in [4.78, 5) is 10.6. The van der Waals surface area contributed by atoms with Crippen molar-refractivity contribution in [3.8, 4) is 0 Å². The fourth-order valence-corrected chi connectivity index (χ4v) is 7.08. The fraction of sp³-hybridized carbons (Fsp3) is 0.344. The predicted molar refractivity (Wildman–Crippen MR) is 145 cm³/mol. The van der Waals surface area contributed by atoms with Crippen LogP contribution in [0, 0.1) is 17.5 Å². The molecular formula is C32H30F3N3O2. The Balaban J connectivity index is 1.40. The number of halogens is 3. The van der Waals surface area contributed by atoms with Crippen LogP contribution in [0.2, 0.25) is 0 Å². The maximum Gasteiger partial charge on any atom is 0.207 e. The van der Waals surface area contributed by atoms with Gasteiger partial charge in [-0.3, -0.25) is 0 Å². The van der Waals surface area contributed by atoms with Gasteiger partial charge in [0, 0.05) is 36.3 Å². The Morgan fingerprint density at radius 3 is 2.50 bits per heavy atom. The van der Waals surface area contributed by atoms with E-state index in [1.54, 1.807) is 24.1 Å². The highest BCUT2D eigenvalue weighted by Crippen LogP contribution is 2.53. The minimum Gasteiger partial charge on any atom is -0.382 e. The van der Waals surface area contributed by atoms with Crippen molar-refractivity contribution >= 4 is 5.69 Å². The van der Waals surface area contributed by atoms with E-state index in [0.717, 1.165) is 47.8 Å². The molecule has 1 fully saturated rings. The van der Waals surface area contributed by atoms with Gasteiger partial charge in [0.2, 0.25) is 6.23 Å². The first-order valence-corrected chi connectivity index (χ1v) is 13.8. The number of rotatable bonds is 7. The van der Waals surface area contributed by atoms with Crippen molar-refractivity contribution < 1.29 is 22.7 Å². The number of aromatic nitrogens is 2. The van der Waals surface area contributed by atoms with E-state index in [0.29, 0.717) is 23.8 Å². The quantitative estimate of drug-likeness (QED) is 0.261. The minimum atomic E-state index is -0.719. The molecule has 0 radical (unpaired) electrons. The summed E-state index contributed by atoms with van der Waals surface area (Å²) in [6.45, 7) is 0.278. The van der Waals surface area contributed by atoms with Gasteiger partial charge >= 0.3 is 0 Å². The second kappa shape index (κ2) is 10.0. The third kappa shape index (κ3) is 4.17. The van der Waals surface area contributed by atoms with Gasteiger partial charge in [-0.15, -0.1) is 9.94 Å². The first kappa shape index (κ1) is 25.2. The van der Waals surface area contributed by atoms with Gasteiger partial charge in [0.1, 0.15) is 17.5 Å². The second-order valence-electron chi connectivity index (χ2n) is 11.1. The molecule has 4 aromatic rings. The Bertz CT molecular complexity index is 1540. The fourth-order valence-electron chi connectivity index (χ4n) is 7.08. The molecule has 4 unspecified atom stereocenters. The first-order valence-electron chi connectivity index (χ1n) is 13.8. The summed E-state index contributed by atoms with van der Waals surface area (Å²) < 4.78 is 49.1. The molecule has 2 aliphatic carbocycles. The van der Waals surface area contributed by atoms with Crippen LogP contribution in [0.1, 0.15) is 71.0 Å². The molecular weight excluding hydrogens is 515 g/mol. The monoisotopic (exact) mass is 545 g/mol. The van der Waals surface area contributed by atoms with Gasteiger partial charge in [0.05, 0.1) is 24.5 Å². The SMILES string of the molecule is COCC(c1ccc(F)cc1)N1c2ccccc2CC(c2ccc(F)cc2F)C1On1ncc2c1[C@H]1CCC2C1. The molecule has 2 bridgehead atoms. The minimum absolute atomic E-state index is 0.278. The van der Waals surface area contributed by atoms with Crippen molar-refractivity contribution in [3.63, 3.8) is 0 Å². The summed E-state index contributed by atoms with van der Waals surface area (Å²) in [5.41, 5.74) is 5.45. The number of para-hydroxylation sites is 1. The van der Waals surface area contributed by atoms with Crippen molar-refractivity contribution in [2.45, 2.75) is 55.7 Å². The van der Waals surface area contributed by atoms with Gasteiger partial charge in [0.25, 0.3) is 0 Å². The second-order valence-corrected chi connectivity index (χ2v) is 11.1. The van der Waals surface area contributed by atoms with Gasteiger partial charge in [0.15, 0.2) is 0 Å². The number of nitrogens with zero attached hydrogens (tertiary/aromatic N) is 3. The number of ether oxygens (including phenoxy) is 1. The van der Waals surface area contributed by atoms with Crippen LogP contribution in [0.3, 0.4) is 0 Å². The standard InChI is InChI=1S/C32H30F3N3O2/c1-39-18-30(19-8-10-23(33)11-9-19)37-29-5-3-2-4-21(29)15-26(25-13-12-24(34)16-28(25)35)32(37)40-38-31-22-7-6-20(14-22)27(31)17-36-38/h2-5,8-13,16-17,20,22,26,30,32H,6-7,14-15,18H2,1H3/t20?,22-,26?,30?,32?/m0/s1. The largest absolute Gasteiger partial charge is 0.382 e. The van der Waals surface area contributed by atoms with Crippen molar-refractivity contribution in [2.75, 3.05) is 18.6 Å². The number of anilines is 1. The van der Waals surface area contributed by atoms with Crippen molar-refractivity contribution in [1.29, 1.82) is 0 Å². The summed E-state index contributed by atoms with van der Waals surface area (Å²) in [6, 6.07) is 17.6. The summed E-state index contributed by atoms with van der Waals surface area (Å²) in [5, 5.41) is 4.65. The van der Waals surface area contributed by atoms with Gasteiger partial charge in [-0.05, 0) is 72.6 Å². The lowest BCUT2D eigenvalue weighted by atomic mass is 9.83. The Morgan fingerprint density at radius 2 is 1.70 bits per heavy atom. The van der Waals surface area contributed by atoms with E-state index in [4.69, 9.17) is 9.57 Å². The molecule has 8 heteroatoms. The number of methoxy groups -OCH3 is 1. The molecule has 0 amide bonds. The average molecular weight is 546 g/mol. The Labute approximate surface area is 231 Å². The number of fused-ring (bicyclic) bond motifs is 6. The zero-order valence-electron chi connectivity index (χ0n) is 22.1. The molecule has 2 heterocycles. The summed E-state index contributed by atoms with van der Waals surface area (Å²) in [5.74, 6) is -1.18. The zero-order chi connectivity index (χ0) is 27.4. The molecule has 3 aromatic carbocycles. The van der Waals surface area contributed by atoms with E-state index < -0.39 is 23.8 Å². The van der Waals surface area contributed by atoms with Crippen LogP contribution in [0.25, 0.3) is 0 Å². The van der Waals surface area contributed by atoms with Crippen molar-refractivity contribution in [3.05, 3.63) is 118 Å².